The van der Waals surface area contributed by atoms with Crippen molar-refractivity contribution in [1.29, 1.82) is 0 Å². The van der Waals surface area contributed by atoms with Crippen LogP contribution in [0.1, 0.15) is 10.4 Å². The first-order chi connectivity index (χ1) is 9.92. The lowest BCUT2D eigenvalue weighted by Crippen LogP contribution is -2.16. The van der Waals surface area contributed by atoms with Gasteiger partial charge in [-0.15, -0.1) is 0 Å². The van der Waals surface area contributed by atoms with Crippen LogP contribution in [0.5, 0.6) is 0 Å². The molecule has 1 amide bonds. The van der Waals surface area contributed by atoms with Crippen LogP contribution in [0.3, 0.4) is 0 Å². The molecule has 2 aromatic carbocycles. The fourth-order valence-electron chi connectivity index (χ4n) is 1.63. The number of nitrogens with two attached hydrogens (primary N) is 1. The van der Waals surface area contributed by atoms with Crippen molar-refractivity contribution >= 4 is 17.3 Å². The Bertz CT molecular complexity index is 683. The quantitative estimate of drug-likeness (QED) is 0.464. The van der Waals surface area contributed by atoms with Crippen molar-refractivity contribution in [1.82, 2.24) is 0 Å². The highest BCUT2D eigenvalue weighted by Gasteiger charge is 2.16. The highest BCUT2D eigenvalue weighted by atomic mass is 19.1. The summed E-state index contributed by atoms with van der Waals surface area (Å²) in [5, 5.41) is 2.02. The Morgan fingerprint density at radius 3 is 2.14 bits per heavy atom. The van der Waals surface area contributed by atoms with Crippen LogP contribution in [-0.2, 0) is 0 Å². The normalized spacial score (nSPS) is 10.3. The van der Waals surface area contributed by atoms with E-state index >= 15 is 0 Å². The first-order valence-corrected chi connectivity index (χ1v) is 5.64. The zero-order valence-electron chi connectivity index (χ0n) is 10.4. The second-order valence-electron chi connectivity index (χ2n) is 4.04. The van der Waals surface area contributed by atoms with E-state index in [0.29, 0.717) is 12.1 Å². The van der Waals surface area contributed by atoms with E-state index in [0.717, 1.165) is 18.2 Å². The molecule has 0 aliphatic rings. The summed E-state index contributed by atoms with van der Waals surface area (Å²) in [6.07, 6.45) is 0. The van der Waals surface area contributed by atoms with E-state index in [1.165, 1.54) is 0 Å². The molecule has 4 N–H and O–H groups in total. The lowest BCUT2D eigenvalue weighted by molar-refractivity contribution is 0.102. The predicted molar refractivity (Wildman–Crippen MR) is 68.5 cm³/mol. The second kappa shape index (κ2) is 5.80. The number of hydrogen-bond donors (Lipinski definition) is 3. The van der Waals surface area contributed by atoms with Gasteiger partial charge in [-0.3, -0.25) is 10.6 Å². The molecule has 110 valence electrons. The molecule has 21 heavy (non-hydrogen) atoms. The van der Waals surface area contributed by atoms with Gasteiger partial charge in [-0.05, 0) is 24.3 Å². The maximum Gasteiger partial charge on any atom is 0.255 e. The van der Waals surface area contributed by atoms with Gasteiger partial charge in [0.25, 0.3) is 5.91 Å². The van der Waals surface area contributed by atoms with E-state index in [-0.39, 0.29) is 0 Å². The Morgan fingerprint density at radius 1 is 0.952 bits per heavy atom. The minimum Gasteiger partial charge on any atom is -0.319 e. The molecule has 4 nitrogen and oxygen atoms in total. The average molecular weight is 299 g/mol. The van der Waals surface area contributed by atoms with Gasteiger partial charge in [0.15, 0.2) is 11.6 Å². The molecule has 0 heterocycles. The third-order valence-corrected chi connectivity index (χ3v) is 2.63. The number of anilines is 2. The summed E-state index contributed by atoms with van der Waals surface area (Å²) < 4.78 is 53.2. The van der Waals surface area contributed by atoms with Gasteiger partial charge in [0, 0.05) is 11.6 Å². The minimum absolute atomic E-state index is 0.410. The van der Waals surface area contributed by atoms with Crippen molar-refractivity contribution in [2.45, 2.75) is 0 Å². The number of nitrogen functional groups attached to an aromatic ring is 1. The van der Waals surface area contributed by atoms with Crippen LogP contribution < -0.4 is 16.6 Å². The lowest BCUT2D eigenvalue weighted by Gasteiger charge is -2.09. The number of amides is 1. The smallest absolute Gasteiger partial charge is 0.255 e. The Hall–Kier alpha value is -2.61. The van der Waals surface area contributed by atoms with E-state index in [4.69, 9.17) is 5.84 Å². The van der Waals surface area contributed by atoms with E-state index in [9.17, 15) is 22.4 Å². The Labute approximate surface area is 116 Å². The lowest BCUT2D eigenvalue weighted by atomic mass is 10.1. The molecular formula is C13H9F4N3O. The van der Waals surface area contributed by atoms with Gasteiger partial charge in [-0.25, -0.2) is 17.6 Å². The molecule has 0 radical (unpaired) electrons. The molecule has 0 saturated heterocycles. The summed E-state index contributed by atoms with van der Waals surface area (Å²) in [7, 11) is 0. The monoisotopic (exact) mass is 299 g/mol. The van der Waals surface area contributed by atoms with Gasteiger partial charge in [0.2, 0.25) is 0 Å². The summed E-state index contributed by atoms with van der Waals surface area (Å²) in [6, 6.07) is 3.85. The highest BCUT2D eigenvalue weighted by molar-refractivity contribution is 6.04. The molecule has 0 saturated carbocycles. The van der Waals surface area contributed by atoms with Gasteiger partial charge in [0.1, 0.15) is 17.3 Å². The minimum atomic E-state index is -1.10. The van der Waals surface area contributed by atoms with Gasteiger partial charge >= 0.3 is 0 Å². The van der Waals surface area contributed by atoms with Crippen LogP contribution in [0.25, 0.3) is 0 Å². The van der Waals surface area contributed by atoms with Crippen molar-refractivity contribution in [3.63, 3.8) is 0 Å². The molecule has 0 bridgehead atoms. The largest absolute Gasteiger partial charge is 0.319 e. The molecule has 8 heteroatoms. The number of carbonyl (C=O) groups is 1. The number of benzene rings is 2. The molecule has 2 rings (SSSR count). The third kappa shape index (κ3) is 3.11. The van der Waals surface area contributed by atoms with Crippen molar-refractivity contribution in [2.75, 3.05) is 10.7 Å². The summed E-state index contributed by atoms with van der Waals surface area (Å²) in [5.41, 5.74) is 0.344. The van der Waals surface area contributed by atoms with Crippen LogP contribution in [0, 0.1) is 23.3 Å². The van der Waals surface area contributed by atoms with Gasteiger partial charge in [-0.1, -0.05) is 0 Å². The maximum atomic E-state index is 13.5. The third-order valence-electron chi connectivity index (χ3n) is 2.63. The van der Waals surface area contributed by atoms with Gasteiger partial charge in [-0.2, -0.15) is 0 Å². The number of carbonyl (C=O) groups excluding carboxylic acids is 1. The van der Waals surface area contributed by atoms with Crippen molar-refractivity contribution < 1.29 is 22.4 Å². The second-order valence-corrected chi connectivity index (χ2v) is 4.04. The van der Waals surface area contributed by atoms with Crippen molar-refractivity contribution in [3.05, 3.63) is 59.2 Å². The molecule has 0 unspecified atom stereocenters. The van der Waals surface area contributed by atoms with E-state index in [1.54, 1.807) is 5.43 Å². The van der Waals surface area contributed by atoms with Crippen LogP contribution in [0.4, 0.5) is 28.9 Å². The molecular weight excluding hydrogens is 290 g/mol. The van der Waals surface area contributed by atoms with E-state index < -0.39 is 46.1 Å². The van der Waals surface area contributed by atoms with Crippen molar-refractivity contribution in [2.24, 2.45) is 5.84 Å². The van der Waals surface area contributed by atoms with Gasteiger partial charge in [0.05, 0.1) is 5.69 Å². The number of halogens is 4. The van der Waals surface area contributed by atoms with Crippen LogP contribution in [-0.4, -0.2) is 5.91 Å². The topological polar surface area (TPSA) is 67.1 Å². The first-order valence-electron chi connectivity index (χ1n) is 5.64. The number of nitrogens with one attached hydrogen (secondary N) is 2. The van der Waals surface area contributed by atoms with E-state index in [1.807, 2.05) is 5.32 Å². The van der Waals surface area contributed by atoms with Crippen molar-refractivity contribution in [3.8, 4) is 0 Å². The Morgan fingerprint density at radius 2 is 1.57 bits per heavy atom. The summed E-state index contributed by atoms with van der Waals surface area (Å²) in [6.45, 7) is 0. The SMILES string of the molecule is NNc1c(F)cc(C(=O)Nc2cc(F)ccc2F)cc1F. The Balaban J connectivity index is 2.31. The van der Waals surface area contributed by atoms with E-state index in [2.05, 4.69) is 0 Å². The average Bonchev–Trinajstić information content (AvgIpc) is 2.42. The molecule has 0 spiro atoms. The molecule has 0 aromatic heterocycles. The summed E-state index contributed by atoms with van der Waals surface area (Å²) in [4.78, 5) is 11.8. The summed E-state index contributed by atoms with van der Waals surface area (Å²) >= 11 is 0. The number of rotatable bonds is 3. The van der Waals surface area contributed by atoms with Crippen LogP contribution in [0.15, 0.2) is 30.3 Å². The molecule has 0 atom stereocenters. The van der Waals surface area contributed by atoms with Crippen LogP contribution >= 0.6 is 0 Å². The number of hydrogen-bond acceptors (Lipinski definition) is 3. The molecule has 0 fully saturated rings. The standard InChI is InChI=1S/C13H9F4N3O/c14-7-1-2-8(15)11(5-7)19-13(21)6-3-9(16)12(20-18)10(17)4-6/h1-5,20H,18H2,(H,19,21). The molecule has 2 aromatic rings. The van der Waals surface area contributed by atoms with Gasteiger partial charge < -0.3 is 10.7 Å². The first kappa shape index (κ1) is 14.8. The zero-order valence-corrected chi connectivity index (χ0v) is 10.4. The van der Waals surface area contributed by atoms with Crippen LogP contribution in [0.2, 0.25) is 0 Å². The predicted octanol–water partition coefficient (Wildman–Crippen LogP) is 2.78. The Kier molecular flexibility index (Phi) is 4.08. The number of hydrazine groups is 1. The molecule has 0 aliphatic heterocycles. The fraction of sp³-hybridized carbons (Fsp3) is 0. The highest BCUT2D eigenvalue weighted by Crippen LogP contribution is 2.21. The molecule has 0 aliphatic carbocycles. The fourth-order valence-corrected chi connectivity index (χ4v) is 1.63. The summed E-state index contributed by atoms with van der Waals surface area (Å²) in [5.74, 6) is 0.0717. The zero-order chi connectivity index (χ0) is 15.6. The maximum absolute atomic E-state index is 13.5.